The van der Waals surface area contributed by atoms with Crippen LogP contribution in [-0.2, 0) is 16.6 Å². The highest BCUT2D eigenvalue weighted by Crippen LogP contribution is 2.33. The molecular formula is C14H25N3O2S. The molecule has 1 aromatic rings. The van der Waals surface area contributed by atoms with Gasteiger partial charge in [-0.15, -0.1) is 0 Å². The fraction of sp³-hybridized carbons (Fsp3) is 0.714. The lowest BCUT2D eigenvalue weighted by Crippen LogP contribution is -2.24. The molecule has 0 unspecified atom stereocenters. The van der Waals surface area contributed by atoms with Crippen molar-refractivity contribution < 1.29 is 8.42 Å². The predicted molar refractivity (Wildman–Crippen MR) is 79.9 cm³/mol. The zero-order valence-electron chi connectivity index (χ0n) is 12.3. The highest BCUT2D eigenvalue weighted by molar-refractivity contribution is 7.89. The van der Waals surface area contributed by atoms with Crippen molar-refractivity contribution in [2.75, 3.05) is 6.54 Å². The van der Waals surface area contributed by atoms with Crippen molar-refractivity contribution in [3.63, 3.8) is 0 Å². The maximum atomic E-state index is 12.1. The van der Waals surface area contributed by atoms with Crippen molar-refractivity contribution in [1.29, 1.82) is 0 Å². The molecule has 1 aromatic heterocycles. The monoisotopic (exact) mass is 299 g/mol. The van der Waals surface area contributed by atoms with Gasteiger partial charge in [-0.1, -0.05) is 26.7 Å². The molecule has 3 N–H and O–H groups in total. The molecule has 0 bridgehead atoms. The van der Waals surface area contributed by atoms with Crippen LogP contribution in [0.5, 0.6) is 0 Å². The first-order valence-electron chi connectivity index (χ1n) is 7.38. The summed E-state index contributed by atoms with van der Waals surface area (Å²) in [5, 5.41) is 3.25. The minimum atomic E-state index is -3.36. The van der Waals surface area contributed by atoms with Crippen LogP contribution >= 0.6 is 0 Å². The average Bonchev–Trinajstić information content (AvgIpc) is 3.07. The summed E-state index contributed by atoms with van der Waals surface area (Å²) >= 11 is 0. The molecule has 1 saturated carbocycles. The standard InChI is InChI=1S/C14H25N3O2S/c1-11(2)15-9-13-8-14(10-16-13)20(18,19)17-7-3-4-12-5-6-12/h8,10-12,15-17H,3-7,9H2,1-2H3. The molecule has 114 valence electrons. The van der Waals surface area contributed by atoms with Crippen LogP contribution in [0, 0.1) is 5.92 Å². The third-order valence-corrected chi connectivity index (χ3v) is 4.95. The molecule has 0 spiro atoms. The van der Waals surface area contributed by atoms with Gasteiger partial charge in [-0.05, 0) is 24.8 Å². The Balaban J connectivity index is 1.81. The first kappa shape index (κ1) is 15.5. The summed E-state index contributed by atoms with van der Waals surface area (Å²) < 4.78 is 26.9. The van der Waals surface area contributed by atoms with Crippen molar-refractivity contribution in [3.8, 4) is 0 Å². The van der Waals surface area contributed by atoms with E-state index >= 15 is 0 Å². The Bertz CT molecular complexity index is 518. The molecule has 6 heteroatoms. The lowest BCUT2D eigenvalue weighted by Gasteiger charge is -2.06. The third-order valence-electron chi connectivity index (χ3n) is 3.51. The van der Waals surface area contributed by atoms with Gasteiger partial charge in [0.2, 0.25) is 10.0 Å². The predicted octanol–water partition coefficient (Wildman–Crippen LogP) is 1.98. The van der Waals surface area contributed by atoms with E-state index in [1.165, 1.54) is 12.8 Å². The van der Waals surface area contributed by atoms with Crippen molar-refractivity contribution in [2.45, 2.75) is 57.0 Å². The molecule has 1 heterocycles. The molecule has 1 aliphatic rings. The molecule has 0 saturated heterocycles. The summed E-state index contributed by atoms with van der Waals surface area (Å²) in [5.74, 6) is 0.848. The lowest BCUT2D eigenvalue weighted by atomic mass is 10.2. The van der Waals surface area contributed by atoms with Gasteiger partial charge in [0, 0.05) is 31.0 Å². The van der Waals surface area contributed by atoms with E-state index in [9.17, 15) is 8.42 Å². The molecule has 0 atom stereocenters. The van der Waals surface area contributed by atoms with Crippen LogP contribution in [0.4, 0.5) is 0 Å². The second-order valence-electron chi connectivity index (χ2n) is 5.88. The summed E-state index contributed by atoms with van der Waals surface area (Å²) in [7, 11) is -3.36. The number of aromatic nitrogens is 1. The number of nitrogens with one attached hydrogen (secondary N) is 3. The Labute approximate surface area is 121 Å². The van der Waals surface area contributed by atoms with Crippen LogP contribution in [-0.4, -0.2) is 26.0 Å². The van der Waals surface area contributed by atoms with Crippen LogP contribution in [0.25, 0.3) is 0 Å². The Morgan fingerprint density at radius 2 is 2.15 bits per heavy atom. The maximum Gasteiger partial charge on any atom is 0.242 e. The minimum absolute atomic E-state index is 0.324. The number of hydrogen-bond acceptors (Lipinski definition) is 3. The highest BCUT2D eigenvalue weighted by atomic mass is 32.2. The van der Waals surface area contributed by atoms with E-state index in [1.807, 2.05) is 0 Å². The van der Waals surface area contributed by atoms with Crippen LogP contribution < -0.4 is 10.0 Å². The van der Waals surface area contributed by atoms with E-state index in [-0.39, 0.29) is 0 Å². The highest BCUT2D eigenvalue weighted by Gasteiger charge is 2.21. The molecule has 20 heavy (non-hydrogen) atoms. The molecule has 0 aliphatic heterocycles. The van der Waals surface area contributed by atoms with Gasteiger partial charge in [0.05, 0.1) is 4.90 Å². The lowest BCUT2D eigenvalue weighted by molar-refractivity contribution is 0.572. The Morgan fingerprint density at radius 1 is 1.40 bits per heavy atom. The average molecular weight is 299 g/mol. The first-order chi connectivity index (χ1) is 9.47. The normalized spacial score (nSPS) is 15.9. The SMILES string of the molecule is CC(C)NCc1cc(S(=O)(=O)NCCCC2CC2)c[nH]1. The molecule has 1 aliphatic carbocycles. The smallest absolute Gasteiger partial charge is 0.242 e. The molecular weight excluding hydrogens is 274 g/mol. The molecule has 0 amide bonds. The summed E-state index contributed by atoms with van der Waals surface area (Å²) in [6, 6.07) is 2.07. The Hall–Kier alpha value is -0.850. The zero-order chi connectivity index (χ0) is 14.6. The van der Waals surface area contributed by atoms with E-state index < -0.39 is 10.0 Å². The van der Waals surface area contributed by atoms with Crippen molar-refractivity contribution in [3.05, 3.63) is 18.0 Å². The van der Waals surface area contributed by atoms with E-state index in [0.717, 1.165) is 24.5 Å². The van der Waals surface area contributed by atoms with E-state index in [4.69, 9.17) is 0 Å². The van der Waals surface area contributed by atoms with Gasteiger partial charge in [-0.2, -0.15) is 0 Å². The van der Waals surface area contributed by atoms with Crippen molar-refractivity contribution in [2.24, 2.45) is 5.92 Å². The molecule has 0 radical (unpaired) electrons. The number of rotatable bonds is 9. The van der Waals surface area contributed by atoms with E-state index in [2.05, 4.69) is 28.9 Å². The number of hydrogen-bond donors (Lipinski definition) is 3. The van der Waals surface area contributed by atoms with Gasteiger partial charge in [-0.3, -0.25) is 0 Å². The van der Waals surface area contributed by atoms with Gasteiger partial charge in [0.15, 0.2) is 0 Å². The van der Waals surface area contributed by atoms with E-state index in [1.54, 1.807) is 12.3 Å². The summed E-state index contributed by atoms with van der Waals surface area (Å²) in [4.78, 5) is 3.33. The van der Waals surface area contributed by atoms with Gasteiger partial charge < -0.3 is 10.3 Å². The number of sulfonamides is 1. The van der Waals surface area contributed by atoms with Crippen LogP contribution in [0.3, 0.4) is 0 Å². The maximum absolute atomic E-state index is 12.1. The Morgan fingerprint density at radius 3 is 2.80 bits per heavy atom. The largest absolute Gasteiger partial charge is 0.363 e. The van der Waals surface area contributed by atoms with Crippen LogP contribution in [0.1, 0.15) is 45.2 Å². The van der Waals surface area contributed by atoms with E-state index in [0.29, 0.717) is 24.0 Å². The molecule has 1 fully saturated rings. The summed E-state index contributed by atoms with van der Waals surface area (Å²) in [6.07, 6.45) is 6.25. The van der Waals surface area contributed by atoms with Crippen LogP contribution in [0.15, 0.2) is 17.2 Å². The van der Waals surface area contributed by atoms with Crippen molar-refractivity contribution in [1.82, 2.24) is 15.0 Å². The van der Waals surface area contributed by atoms with Crippen LogP contribution in [0.2, 0.25) is 0 Å². The third kappa shape index (κ3) is 4.92. The first-order valence-corrected chi connectivity index (χ1v) is 8.86. The van der Waals surface area contributed by atoms with Gasteiger partial charge >= 0.3 is 0 Å². The van der Waals surface area contributed by atoms with Gasteiger partial charge in [0.1, 0.15) is 0 Å². The summed E-state index contributed by atoms with van der Waals surface area (Å²) in [6.45, 7) is 5.29. The second-order valence-corrected chi connectivity index (χ2v) is 7.65. The second kappa shape index (κ2) is 6.74. The fourth-order valence-corrected chi connectivity index (χ4v) is 3.17. The number of aromatic amines is 1. The molecule has 5 nitrogen and oxygen atoms in total. The van der Waals surface area contributed by atoms with Crippen molar-refractivity contribution >= 4 is 10.0 Å². The molecule has 0 aromatic carbocycles. The molecule has 2 rings (SSSR count). The summed E-state index contributed by atoms with van der Waals surface area (Å²) in [5.41, 5.74) is 0.886. The topological polar surface area (TPSA) is 74.0 Å². The quantitative estimate of drug-likeness (QED) is 0.610. The fourth-order valence-electron chi connectivity index (χ4n) is 2.08. The van der Waals surface area contributed by atoms with Gasteiger partial charge in [-0.25, -0.2) is 13.1 Å². The minimum Gasteiger partial charge on any atom is -0.363 e. The zero-order valence-corrected chi connectivity index (χ0v) is 13.1. The van der Waals surface area contributed by atoms with Gasteiger partial charge in [0.25, 0.3) is 0 Å². The number of H-pyrrole nitrogens is 1. The Kier molecular flexibility index (Phi) is 5.23.